The van der Waals surface area contributed by atoms with Gasteiger partial charge in [-0.2, -0.15) is 0 Å². The monoisotopic (exact) mass is 202 g/mol. The lowest BCUT2D eigenvalue weighted by molar-refractivity contribution is 0.0396. The van der Waals surface area contributed by atoms with Crippen molar-refractivity contribution in [3.8, 4) is 0 Å². The van der Waals surface area contributed by atoms with Gasteiger partial charge in [0.25, 0.3) is 0 Å². The molecule has 14 heavy (non-hydrogen) atoms. The normalized spacial score (nSPS) is 22.5. The van der Waals surface area contributed by atoms with E-state index in [9.17, 15) is 5.11 Å². The second-order valence-electron chi connectivity index (χ2n) is 3.98. The van der Waals surface area contributed by atoms with Gasteiger partial charge >= 0.3 is 0 Å². The lowest BCUT2D eigenvalue weighted by atomic mass is 10.2. The topological polar surface area (TPSA) is 46.9 Å². The van der Waals surface area contributed by atoms with E-state index in [1.165, 1.54) is 13.0 Å². The first-order valence-corrected chi connectivity index (χ1v) is 5.50. The summed E-state index contributed by atoms with van der Waals surface area (Å²) in [6.45, 7) is 8.05. The molecule has 4 nitrogen and oxygen atoms in total. The highest BCUT2D eigenvalue weighted by molar-refractivity contribution is 4.73. The summed E-state index contributed by atoms with van der Waals surface area (Å²) in [5, 5.41) is 18.0. The van der Waals surface area contributed by atoms with E-state index in [2.05, 4.69) is 16.7 Å². The number of aliphatic hydroxyl groups excluding tert-OH is 2. The second kappa shape index (κ2) is 6.35. The third kappa shape index (κ3) is 3.92. The maximum absolute atomic E-state index is 9.27. The van der Waals surface area contributed by atoms with Gasteiger partial charge in [-0.25, -0.2) is 0 Å². The molecule has 0 bridgehead atoms. The van der Waals surface area contributed by atoms with E-state index < -0.39 is 6.10 Å². The highest BCUT2D eigenvalue weighted by atomic mass is 16.3. The predicted octanol–water partition coefficient (Wildman–Crippen LogP) is -0.633. The summed E-state index contributed by atoms with van der Waals surface area (Å²) in [5.74, 6) is 0. The van der Waals surface area contributed by atoms with Crippen molar-refractivity contribution < 1.29 is 10.2 Å². The second-order valence-corrected chi connectivity index (χ2v) is 3.98. The van der Waals surface area contributed by atoms with Crippen LogP contribution in [0.15, 0.2) is 0 Å². The smallest absolute Gasteiger partial charge is 0.0897 e. The molecule has 1 unspecified atom stereocenters. The minimum absolute atomic E-state index is 0.130. The first kappa shape index (κ1) is 11.9. The zero-order chi connectivity index (χ0) is 10.4. The molecule has 0 aliphatic carbocycles. The van der Waals surface area contributed by atoms with Crippen LogP contribution in [-0.4, -0.2) is 72.0 Å². The third-order valence-corrected chi connectivity index (χ3v) is 2.68. The molecule has 2 N–H and O–H groups in total. The molecule has 1 atom stereocenters. The molecule has 0 saturated carbocycles. The third-order valence-electron chi connectivity index (χ3n) is 2.68. The summed E-state index contributed by atoms with van der Waals surface area (Å²) in [7, 11) is 0. The largest absolute Gasteiger partial charge is 0.394 e. The van der Waals surface area contributed by atoms with Crippen LogP contribution in [0.5, 0.6) is 0 Å². The van der Waals surface area contributed by atoms with Crippen LogP contribution in [0.1, 0.15) is 13.3 Å². The van der Waals surface area contributed by atoms with Crippen LogP contribution in [0, 0.1) is 0 Å². The summed E-state index contributed by atoms with van der Waals surface area (Å²) in [5.41, 5.74) is 0. The van der Waals surface area contributed by atoms with Gasteiger partial charge in [0, 0.05) is 32.7 Å². The van der Waals surface area contributed by atoms with Crippen molar-refractivity contribution in [2.45, 2.75) is 19.4 Å². The van der Waals surface area contributed by atoms with Gasteiger partial charge in [0.05, 0.1) is 12.7 Å². The number of hydrogen-bond acceptors (Lipinski definition) is 4. The molecule has 1 heterocycles. The Balaban J connectivity index is 2.15. The Morgan fingerprint density at radius 3 is 2.21 bits per heavy atom. The van der Waals surface area contributed by atoms with Gasteiger partial charge in [-0.3, -0.25) is 4.90 Å². The van der Waals surface area contributed by atoms with Crippen LogP contribution in [0.2, 0.25) is 0 Å². The Kier molecular flexibility index (Phi) is 5.40. The zero-order valence-electron chi connectivity index (χ0n) is 9.02. The van der Waals surface area contributed by atoms with E-state index >= 15 is 0 Å². The van der Waals surface area contributed by atoms with Crippen molar-refractivity contribution in [2.24, 2.45) is 0 Å². The van der Waals surface area contributed by atoms with E-state index in [1.807, 2.05) is 0 Å². The lowest BCUT2D eigenvalue weighted by Gasteiger charge is -2.35. The van der Waals surface area contributed by atoms with Crippen molar-refractivity contribution in [3.05, 3.63) is 0 Å². The summed E-state index contributed by atoms with van der Waals surface area (Å²) in [6, 6.07) is 0. The first-order valence-electron chi connectivity index (χ1n) is 5.50. The quantitative estimate of drug-likeness (QED) is 0.623. The molecular weight excluding hydrogens is 180 g/mol. The molecule has 0 spiro atoms. The first-order chi connectivity index (χ1) is 6.76. The van der Waals surface area contributed by atoms with E-state index in [0.29, 0.717) is 6.54 Å². The number of rotatable bonds is 5. The molecule has 1 aliphatic rings. The van der Waals surface area contributed by atoms with Crippen LogP contribution in [0.25, 0.3) is 0 Å². The van der Waals surface area contributed by atoms with Crippen molar-refractivity contribution in [1.29, 1.82) is 0 Å². The van der Waals surface area contributed by atoms with E-state index in [-0.39, 0.29) is 6.61 Å². The highest BCUT2D eigenvalue weighted by Crippen LogP contribution is 2.02. The number of β-amino-alcohol motifs (C(OH)–C–C–N with tert-alkyl or cyclic N) is 1. The minimum Gasteiger partial charge on any atom is -0.394 e. The van der Waals surface area contributed by atoms with Gasteiger partial charge in [0.2, 0.25) is 0 Å². The molecule has 0 radical (unpaired) electrons. The maximum Gasteiger partial charge on any atom is 0.0897 e. The van der Waals surface area contributed by atoms with Gasteiger partial charge in [-0.1, -0.05) is 6.92 Å². The van der Waals surface area contributed by atoms with E-state index in [0.717, 1.165) is 26.2 Å². The summed E-state index contributed by atoms with van der Waals surface area (Å²) >= 11 is 0. The molecule has 4 heteroatoms. The SMILES string of the molecule is CCCN1CCN(CC(O)CO)CC1. The Morgan fingerprint density at radius 2 is 1.71 bits per heavy atom. The molecule has 1 fully saturated rings. The molecule has 0 aromatic heterocycles. The molecular formula is C10H22N2O2. The van der Waals surface area contributed by atoms with Gasteiger partial charge in [-0.15, -0.1) is 0 Å². The minimum atomic E-state index is -0.576. The average Bonchev–Trinajstić information content (AvgIpc) is 2.21. The fourth-order valence-electron chi connectivity index (χ4n) is 1.87. The molecule has 1 saturated heterocycles. The van der Waals surface area contributed by atoms with Crippen LogP contribution in [-0.2, 0) is 0 Å². The van der Waals surface area contributed by atoms with Crippen LogP contribution >= 0.6 is 0 Å². The van der Waals surface area contributed by atoms with Crippen molar-refractivity contribution in [3.63, 3.8) is 0 Å². The van der Waals surface area contributed by atoms with Gasteiger partial charge in [-0.05, 0) is 13.0 Å². The Morgan fingerprint density at radius 1 is 1.14 bits per heavy atom. The zero-order valence-corrected chi connectivity index (χ0v) is 9.02. The predicted molar refractivity (Wildman–Crippen MR) is 56.3 cm³/mol. The summed E-state index contributed by atoms with van der Waals surface area (Å²) in [6.07, 6.45) is 0.631. The molecule has 1 aliphatic heterocycles. The number of piperazine rings is 1. The standard InChI is InChI=1S/C10H22N2O2/c1-2-3-11-4-6-12(7-5-11)8-10(14)9-13/h10,13-14H,2-9H2,1H3. The van der Waals surface area contributed by atoms with Crippen molar-refractivity contribution in [2.75, 3.05) is 45.9 Å². The van der Waals surface area contributed by atoms with Crippen molar-refractivity contribution in [1.82, 2.24) is 9.80 Å². The summed E-state index contributed by atoms with van der Waals surface area (Å²) < 4.78 is 0. The lowest BCUT2D eigenvalue weighted by Crippen LogP contribution is -2.49. The number of aliphatic hydroxyl groups is 2. The van der Waals surface area contributed by atoms with Crippen LogP contribution in [0.4, 0.5) is 0 Å². The Hall–Kier alpha value is -0.160. The fraction of sp³-hybridized carbons (Fsp3) is 1.00. The number of nitrogens with zero attached hydrogens (tertiary/aromatic N) is 2. The van der Waals surface area contributed by atoms with Crippen LogP contribution in [0.3, 0.4) is 0 Å². The van der Waals surface area contributed by atoms with Crippen molar-refractivity contribution >= 4 is 0 Å². The maximum atomic E-state index is 9.27. The van der Waals surface area contributed by atoms with Gasteiger partial charge < -0.3 is 15.1 Å². The Bertz CT molecular complexity index is 147. The molecule has 1 rings (SSSR count). The van der Waals surface area contributed by atoms with Gasteiger partial charge in [0.15, 0.2) is 0 Å². The van der Waals surface area contributed by atoms with Gasteiger partial charge in [0.1, 0.15) is 0 Å². The fourth-order valence-corrected chi connectivity index (χ4v) is 1.87. The molecule has 84 valence electrons. The highest BCUT2D eigenvalue weighted by Gasteiger charge is 2.17. The Labute approximate surface area is 86.1 Å². The van der Waals surface area contributed by atoms with E-state index in [4.69, 9.17) is 5.11 Å². The average molecular weight is 202 g/mol. The molecule has 0 amide bonds. The number of hydrogen-bond donors (Lipinski definition) is 2. The van der Waals surface area contributed by atoms with E-state index in [1.54, 1.807) is 0 Å². The molecule has 0 aromatic rings. The van der Waals surface area contributed by atoms with Crippen LogP contribution < -0.4 is 0 Å². The summed E-state index contributed by atoms with van der Waals surface area (Å²) in [4.78, 5) is 4.66. The molecule has 0 aromatic carbocycles.